The van der Waals surface area contributed by atoms with Gasteiger partial charge in [-0.2, -0.15) is 0 Å². The van der Waals surface area contributed by atoms with Gasteiger partial charge in [0.05, 0.1) is 0 Å². The minimum Gasteiger partial charge on any atom is -0.372 e. The number of fused-ring (bicyclic) bond motifs is 5. The smallest absolute Gasteiger partial charge is 0.0372 e. The van der Waals surface area contributed by atoms with Crippen LogP contribution in [-0.2, 0) is 5.41 Å². The number of hydrogen-bond donors (Lipinski definition) is 0. The summed E-state index contributed by atoms with van der Waals surface area (Å²) in [4.78, 5) is 5.22. The van der Waals surface area contributed by atoms with Gasteiger partial charge in [0.25, 0.3) is 0 Å². The van der Waals surface area contributed by atoms with Crippen LogP contribution >= 0.6 is 0 Å². The molecule has 6 aromatic carbocycles. The SMILES string of the molecule is CC1(C)c2ccccc2-c2ccc(-c3c4ccc(N5CCCCC5)cc4c(-c4ccccc4)c4ccc(N5CCCCC5)cc34)cc21. The summed E-state index contributed by atoms with van der Waals surface area (Å²) in [6.07, 6.45) is 7.78. The van der Waals surface area contributed by atoms with Gasteiger partial charge in [-0.3, -0.25) is 0 Å². The summed E-state index contributed by atoms with van der Waals surface area (Å²) in [5, 5.41) is 5.41. The van der Waals surface area contributed by atoms with Gasteiger partial charge in [0, 0.05) is 43.0 Å². The Morgan fingerprint density at radius 2 is 0.957 bits per heavy atom. The molecule has 0 amide bonds. The molecule has 0 N–H and O–H groups in total. The molecule has 9 rings (SSSR count). The molecule has 0 unspecified atom stereocenters. The summed E-state index contributed by atoms with van der Waals surface area (Å²) in [7, 11) is 0. The number of anilines is 2. The third-order valence-corrected chi connectivity index (χ3v) is 11.5. The lowest BCUT2D eigenvalue weighted by Crippen LogP contribution is -2.29. The van der Waals surface area contributed by atoms with Gasteiger partial charge in [0.2, 0.25) is 0 Å². The van der Waals surface area contributed by atoms with E-state index in [4.69, 9.17) is 0 Å². The molecule has 0 radical (unpaired) electrons. The molecule has 0 bridgehead atoms. The molecule has 0 saturated carbocycles. The number of hydrogen-bond acceptors (Lipinski definition) is 2. The lowest BCUT2D eigenvalue weighted by molar-refractivity contribution is 0.578. The summed E-state index contributed by atoms with van der Waals surface area (Å²) in [5.41, 5.74) is 13.6. The molecular formula is C45H44N2. The van der Waals surface area contributed by atoms with Crippen LogP contribution < -0.4 is 9.80 Å². The monoisotopic (exact) mass is 612 g/mol. The average molecular weight is 613 g/mol. The van der Waals surface area contributed by atoms with Crippen LogP contribution in [0.5, 0.6) is 0 Å². The Hall–Kier alpha value is -4.56. The molecule has 2 heteroatoms. The van der Waals surface area contributed by atoms with Gasteiger partial charge in [0.15, 0.2) is 0 Å². The predicted octanol–water partition coefficient (Wildman–Crippen LogP) is 11.6. The van der Waals surface area contributed by atoms with E-state index in [9.17, 15) is 0 Å². The van der Waals surface area contributed by atoms with Gasteiger partial charge >= 0.3 is 0 Å². The molecule has 47 heavy (non-hydrogen) atoms. The Morgan fingerprint density at radius 1 is 0.426 bits per heavy atom. The highest BCUT2D eigenvalue weighted by Gasteiger charge is 2.35. The molecule has 0 atom stereocenters. The largest absolute Gasteiger partial charge is 0.372 e. The van der Waals surface area contributed by atoms with Crippen molar-refractivity contribution in [2.45, 2.75) is 57.8 Å². The van der Waals surface area contributed by atoms with Crippen molar-refractivity contribution < 1.29 is 0 Å². The second kappa shape index (κ2) is 11.3. The average Bonchev–Trinajstić information content (AvgIpc) is 3.36. The fourth-order valence-electron chi connectivity index (χ4n) is 8.99. The summed E-state index contributed by atoms with van der Waals surface area (Å²) < 4.78 is 0. The Bertz CT molecular complexity index is 2130. The van der Waals surface area contributed by atoms with Crippen molar-refractivity contribution in [3.05, 3.63) is 120 Å². The van der Waals surface area contributed by atoms with E-state index in [0.717, 1.165) is 26.2 Å². The first kappa shape index (κ1) is 28.6. The van der Waals surface area contributed by atoms with Crippen LogP contribution in [0.15, 0.2) is 109 Å². The van der Waals surface area contributed by atoms with Crippen molar-refractivity contribution in [2.24, 2.45) is 0 Å². The van der Waals surface area contributed by atoms with E-state index in [-0.39, 0.29) is 5.41 Å². The maximum Gasteiger partial charge on any atom is 0.0372 e. The molecule has 2 fully saturated rings. The molecule has 1 aliphatic carbocycles. The molecule has 2 heterocycles. The molecular weight excluding hydrogens is 569 g/mol. The van der Waals surface area contributed by atoms with Crippen molar-refractivity contribution in [2.75, 3.05) is 36.0 Å². The fourth-order valence-corrected chi connectivity index (χ4v) is 8.99. The van der Waals surface area contributed by atoms with Crippen LogP contribution in [0.2, 0.25) is 0 Å². The zero-order chi connectivity index (χ0) is 31.5. The first-order valence-electron chi connectivity index (χ1n) is 17.9. The van der Waals surface area contributed by atoms with E-state index in [2.05, 4.69) is 133 Å². The third-order valence-electron chi connectivity index (χ3n) is 11.5. The summed E-state index contributed by atoms with van der Waals surface area (Å²) in [6, 6.07) is 42.2. The first-order valence-corrected chi connectivity index (χ1v) is 17.9. The molecule has 6 aromatic rings. The highest BCUT2D eigenvalue weighted by atomic mass is 15.1. The van der Waals surface area contributed by atoms with E-state index < -0.39 is 0 Å². The minimum absolute atomic E-state index is 0.0437. The second-order valence-corrected chi connectivity index (χ2v) is 14.6. The van der Waals surface area contributed by atoms with Crippen molar-refractivity contribution >= 4 is 32.9 Å². The molecule has 2 aliphatic heterocycles. The van der Waals surface area contributed by atoms with Crippen molar-refractivity contribution in [3.63, 3.8) is 0 Å². The highest BCUT2D eigenvalue weighted by molar-refractivity contribution is 6.22. The van der Waals surface area contributed by atoms with Gasteiger partial charge < -0.3 is 9.80 Å². The first-order chi connectivity index (χ1) is 23.1. The third kappa shape index (κ3) is 4.67. The number of piperidine rings is 2. The fraction of sp³-hybridized carbons (Fsp3) is 0.289. The van der Waals surface area contributed by atoms with Gasteiger partial charge in [-0.25, -0.2) is 0 Å². The van der Waals surface area contributed by atoms with Crippen LogP contribution in [0.25, 0.3) is 54.9 Å². The van der Waals surface area contributed by atoms with Crippen LogP contribution in [0.1, 0.15) is 63.5 Å². The predicted molar refractivity (Wildman–Crippen MR) is 202 cm³/mol. The Morgan fingerprint density at radius 3 is 1.57 bits per heavy atom. The van der Waals surface area contributed by atoms with E-state index in [1.54, 1.807) is 0 Å². The Balaban J connectivity index is 1.35. The number of rotatable bonds is 4. The standard InChI is InChI=1S/C45H44N2/c1-45(2)41-17-9-8-16-35(41)36-21-18-32(28-42(36)45)44-38-23-20-33(46-24-10-4-11-25-46)29-39(38)43(31-14-6-3-7-15-31)37-22-19-34(30-40(37)44)47-26-12-5-13-27-47/h3,6-9,14-23,28-30H,4-5,10-13,24-27H2,1-2H3. The van der Waals surface area contributed by atoms with E-state index in [1.165, 1.54) is 116 Å². The molecule has 2 nitrogen and oxygen atoms in total. The normalized spacial score (nSPS) is 17.2. The molecule has 0 aromatic heterocycles. The summed E-state index contributed by atoms with van der Waals surface area (Å²) in [5.74, 6) is 0. The van der Waals surface area contributed by atoms with Crippen LogP contribution in [0.4, 0.5) is 11.4 Å². The summed E-state index contributed by atoms with van der Waals surface area (Å²) in [6.45, 7) is 9.37. The minimum atomic E-state index is -0.0437. The maximum atomic E-state index is 2.61. The molecule has 2 saturated heterocycles. The highest BCUT2D eigenvalue weighted by Crippen LogP contribution is 2.52. The lowest BCUT2D eigenvalue weighted by Gasteiger charge is -2.30. The van der Waals surface area contributed by atoms with Gasteiger partial charge in [-0.15, -0.1) is 0 Å². The van der Waals surface area contributed by atoms with E-state index in [1.807, 2.05) is 0 Å². The molecule has 0 spiro atoms. The van der Waals surface area contributed by atoms with Crippen molar-refractivity contribution in [1.29, 1.82) is 0 Å². The Labute approximate surface area is 279 Å². The van der Waals surface area contributed by atoms with Crippen LogP contribution in [0.3, 0.4) is 0 Å². The van der Waals surface area contributed by atoms with Gasteiger partial charge in [-0.1, -0.05) is 92.7 Å². The Kier molecular flexibility index (Phi) is 6.89. The second-order valence-electron chi connectivity index (χ2n) is 14.6. The van der Waals surface area contributed by atoms with E-state index >= 15 is 0 Å². The topological polar surface area (TPSA) is 6.48 Å². The van der Waals surface area contributed by atoms with Crippen molar-refractivity contribution in [3.8, 4) is 33.4 Å². The van der Waals surface area contributed by atoms with Crippen LogP contribution in [-0.4, -0.2) is 26.2 Å². The van der Waals surface area contributed by atoms with Crippen molar-refractivity contribution in [1.82, 2.24) is 0 Å². The lowest BCUT2D eigenvalue weighted by atomic mass is 9.80. The maximum absolute atomic E-state index is 2.61. The summed E-state index contributed by atoms with van der Waals surface area (Å²) >= 11 is 0. The van der Waals surface area contributed by atoms with E-state index in [0.29, 0.717) is 0 Å². The molecule has 3 aliphatic rings. The van der Waals surface area contributed by atoms with Gasteiger partial charge in [-0.05, 0) is 135 Å². The van der Waals surface area contributed by atoms with Gasteiger partial charge in [0.1, 0.15) is 0 Å². The molecule has 234 valence electrons. The quantitative estimate of drug-likeness (QED) is 0.183. The van der Waals surface area contributed by atoms with Crippen LogP contribution in [0, 0.1) is 0 Å². The zero-order valence-corrected chi connectivity index (χ0v) is 27.9. The number of nitrogens with zero attached hydrogens (tertiary/aromatic N) is 2. The number of benzene rings is 6. The zero-order valence-electron chi connectivity index (χ0n) is 27.9.